The summed E-state index contributed by atoms with van der Waals surface area (Å²) in [6.45, 7) is 4.97. The Morgan fingerprint density at radius 2 is 1.54 bits per heavy atom. The number of benzene rings is 1. The molecule has 0 unspecified atom stereocenters. The van der Waals surface area contributed by atoms with Gasteiger partial charge >= 0.3 is 5.97 Å². The fourth-order valence-corrected chi connectivity index (χ4v) is 7.29. The number of hydrogen-bond donors (Lipinski definition) is 2. The van der Waals surface area contributed by atoms with Gasteiger partial charge in [-0.15, -0.1) is 0 Å². The van der Waals surface area contributed by atoms with Gasteiger partial charge in [0.2, 0.25) is 0 Å². The van der Waals surface area contributed by atoms with Gasteiger partial charge in [-0.3, -0.25) is 18.5 Å². The van der Waals surface area contributed by atoms with Crippen LogP contribution in [-0.2, 0) is 17.8 Å². The average Bonchev–Trinajstić information content (AvgIpc) is 3.52. The van der Waals surface area contributed by atoms with Gasteiger partial charge in [0, 0.05) is 48.1 Å². The largest absolute Gasteiger partial charge is 0.481 e. The van der Waals surface area contributed by atoms with E-state index in [4.69, 9.17) is 9.63 Å². The third kappa shape index (κ3) is 12.2. The van der Waals surface area contributed by atoms with E-state index in [1.54, 1.807) is 10.6 Å². The summed E-state index contributed by atoms with van der Waals surface area (Å²) in [6.07, 6.45) is 18.8. The number of aliphatic hydroxyl groups excluding tert-OH is 1. The van der Waals surface area contributed by atoms with E-state index in [-0.39, 0.29) is 18.1 Å². The lowest BCUT2D eigenvalue weighted by atomic mass is 9.91. The van der Waals surface area contributed by atoms with Crippen LogP contribution in [0.1, 0.15) is 150 Å². The van der Waals surface area contributed by atoms with Gasteiger partial charge in [0.25, 0.3) is 5.56 Å². The smallest absolute Gasteiger partial charge is 0.303 e. The van der Waals surface area contributed by atoms with E-state index in [0.29, 0.717) is 43.1 Å². The van der Waals surface area contributed by atoms with Crippen molar-refractivity contribution in [2.24, 2.45) is 0 Å². The maximum Gasteiger partial charge on any atom is 0.303 e. The molecular weight excluding hydrogens is 642 g/mol. The number of halogens is 2. The van der Waals surface area contributed by atoms with E-state index >= 15 is 0 Å². The number of rotatable bonds is 19. The van der Waals surface area contributed by atoms with Crippen LogP contribution < -0.4 is 5.56 Å². The van der Waals surface area contributed by atoms with Crippen LogP contribution in [0.25, 0.3) is 11.0 Å². The highest BCUT2D eigenvalue weighted by molar-refractivity contribution is 5.79. The molecule has 9 nitrogen and oxygen atoms in total. The Labute approximate surface area is 295 Å². The van der Waals surface area contributed by atoms with E-state index in [1.807, 2.05) is 6.92 Å². The van der Waals surface area contributed by atoms with Crippen LogP contribution >= 0.6 is 0 Å². The lowest BCUT2D eigenvalue weighted by Gasteiger charge is -2.31. The number of carbonyl (C=O) groups is 1. The monoisotopic (exact) mass is 700 g/mol. The molecule has 1 atom stereocenters. The molecule has 1 aromatic carbocycles. The molecule has 0 radical (unpaired) electrons. The third-order valence-corrected chi connectivity index (χ3v) is 10.3. The number of aliphatic hydroxyl groups is 1. The highest BCUT2D eigenvalue weighted by Gasteiger charge is 2.27. The van der Waals surface area contributed by atoms with Crippen LogP contribution in [0.15, 0.2) is 27.5 Å². The van der Waals surface area contributed by atoms with Crippen LogP contribution in [-0.4, -0.2) is 62.1 Å². The van der Waals surface area contributed by atoms with Crippen LogP contribution in [0.5, 0.6) is 0 Å². The molecule has 3 aromatic rings. The Balaban J connectivity index is 0.000000257. The molecule has 2 N–H and O–H groups in total. The molecule has 50 heavy (non-hydrogen) atoms. The van der Waals surface area contributed by atoms with E-state index < -0.39 is 12.1 Å². The maximum atomic E-state index is 13.4. The number of carboxylic acid groups (broad SMARTS) is 1. The first-order chi connectivity index (χ1) is 24.3. The molecule has 11 heteroatoms. The number of aliphatic carboxylic acids is 1. The predicted molar refractivity (Wildman–Crippen MR) is 192 cm³/mol. The molecule has 0 bridgehead atoms. The number of likely N-dealkylation sites (tertiary alicyclic amines) is 1. The van der Waals surface area contributed by atoms with Crippen molar-refractivity contribution in [3.05, 3.63) is 57.1 Å². The second kappa shape index (κ2) is 21.2. The number of nitrogens with zero attached hydrogens (tertiary/aromatic N) is 4. The Hall–Kier alpha value is -3.18. The highest BCUT2D eigenvalue weighted by atomic mass is 19.1. The molecule has 2 aliphatic rings. The van der Waals surface area contributed by atoms with Crippen molar-refractivity contribution in [1.82, 2.24) is 19.6 Å². The fraction of sp³-hybridized carbons (Fsp3) is 0.692. The minimum Gasteiger partial charge on any atom is -0.481 e. The normalized spacial score (nSPS) is 16.7. The minimum atomic E-state index is -0.675. The summed E-state index contributed by atoms with van der Waals surface area (Å²) in [5, 5.41) is 23.8. The van der Waals surface area contributed by atoms with Gasteiger partial charge in [-0.2, -0.15) is 0 Å². The Bertz CT molecular complexity index is 1520. The topological polar surface area (TPSA) is 122 Å². The highest BCUT2D eigenvalue weighted by Crippen LogP contribution is 2.33. The van der Waals surface area contributed by atoms with Gasteiger partial charge in [-0.25, -0.2) is 9.37 Å². The zero-order valence-electron chi connectivity index (χ0n) is 30.0. The molecule has 0 aliphatic carbocycles. The van der Waals surface area contributed by atoms with E-state index in [9.17, 15) is 23.5 Å². The summed E-state index contributed by atoms with van der Waals surface area (Å²) >= 11 is 0. The Morgan fingerprint density at radius 1 is 0.920 bits per heavy atom. The molecule has 0 spiro atoms. The molecular formula is C39H58F2N4O5. The molecule has 2 aliphatic heterocycles. The number of aromatic nitrogens is 3. The van der Waals surface area contributed by atoms with Crippen molar-refractivity contribution in [1.29, 1.82) is 0 Å². The molecule has 0 saturated carbocycles. The number of carboxylic acids is 1. The van der Waals surface area contributed by atoms with Gasteiger partial charge in [0.05, 0.1) is 12.4 Å². The molecule has 278 valence electrons. The number of unbranched alkanes of at least 4 members (excludes halogenated alkanes) is 12. The maximum absolute atomic E-state index is 13.4. The minimum absolute atomic E-state index is 0.00237. The van der Waals surface area contributed by atoms with Gasteiger partial charge < -0.3 is 19.6 Å². The Kier molecular flexibility index (Phi) is 16.8. The van der Waals surface area contributed by atoms with Crippen LogP contribution in [0.3, 0.4) is 0 Å². The van der Waals surface area contributed by atoms with Crippen LogP contribution in [0.4, 0.5) is 8.78 Å². The summed E-state index contributed by atoms with van der Waals surface area (Å²) in [5.74, 6) is -0.186. The first kappa shape index (κ1) is 39.6. The summed E-state index contributed by atoms with van der Waals surface area (Å²) in [6, 6.07) is 4.58. The lowest BCUT2D eigenvalue weighted by molar-refractivity contribution is -0.137. The first-order valence-corrected chi connectivity index (χ1v) is 19.1. The number of piperidine rings is 1. The van der Waals surface area contributed by atoms with Crippen molar-refractivity contribution in [3.8, 4) is 0 Å². The van der Waals surface area contributed by atoms with Gasteiger partial charge in [0.15, 0.2) is 5.58 Å². The molecule has 4 heterocycles. The molecule has 1 saturated heterocycles. The predicted octanol–water partition coefficient (Wildman–Crippen LogP) is 8.58. The van der Waals surface area contributed by atoms with Crippen molar-refractivity contribution >= 4 is 16.9 Å². The fourth-order valence-electron chi connectivity index (χ4n) is 7.29. The van der Waals surface area contributed by atoms with Gasteiger partial charge in [-0.05, 0) is 77.1 Å². The zero-order valence-corrected chi connectivity index (χ0v) is 30.0. The Morgan fingerprint density at radius 3 is 2.16 bits per heavy atom. The summed E-state index contributed by atoms with van der Waals surface area (Å²) < 4.78 is 32.2. The third-order valence-electron chi connectivity index (χ3n) is 10.3. The van der Waals surface area contributed by atoms with Crippen molar-refractivity contribution < 1.29 is 28.3 Å². The lowest BCUT2D eigenvalue weighted by Crippen LogP contribution is -2.37. The van der Waals surface area contributed by atoms with Crippen molar-refractivity contribution in [2.75, 3.05) is 26.3 Å². The summed E-state index contributed by atoms with van der Waals surface area (Å²) in [4.78, 5) is 30.2. The second-order valence-electron chi connectivity index (χ2n) is 14.2. The standard InChI is InChI=1S/C23H27FN4O3.C16H31FO2/c1-14-17(23(30)28-9-2-3-19(29)22(28)25-14)8-12-27-10-6-15(7-11-27)21-18-5-4-16(24)13-20(18)31-26-21;17-15-13-11-9-7-5-3-1-2-4-6-8-10-12-14-16(18)19/h4-5,13,15,19,29H,2-3,6-12H2,1H3;1-15H2,(H,18,19)/t19-;/m1./s1. The zero-order chi connectivity index (χ0) is 35.7. The van der Waals surface area contributed by atoms with Crippen LogP contribution in [0, 0.1) is 12.7 Å². The molecule has 5 rings (SSSR count). The van der Waals surface area contributed by atoms with Crippen molar-refractivity contribution in [3.63, 3.8) is 0 Å². The van der Waals surface area contributed by atoms with Gasteiger partial charge in [0.1, 0.15) is 17.7 Å². The molecule has 1 fully saturated rings. The molecule has 2 aromatic heterocycles. The number of hydrogen-bond acceptors (Lipinski definition) is 7. The van der Waals surface area contributed by atoms with Crippen LogP contribution in [0.2, 0.25) is 0 Å². The van der Waals surface area contributed by atoms with E-state index in [1.165, 1.54) is 69.9 Å². The summed E-state index contributed by atoms with van der Waals surface area (Å²) in [5.41, 5.74) is 2.90. The number of aryl methyl sites for hydroxylation is 1. The number of alkyl halides is 1. The van der Waals surface area contributed by atoms with E-state index in [2.05, 4.69) is 15.0 Å². The quantitative estimate of drug-likeness (QED) is 0.119. The van der Waals surface area contributed by atoms with E-state index in [0.717, 1.165) is 86.9 Å². The van der Waals surface area contributed by atoms with Gasteiger partial charge in [-0.1, -0.05) is 75.8 Å². The average molecular weight is 701 g/mol. The summed E-state index contributed by atoms with van der Waals surface area (Å²) in [7, 11) is 0. The first-order valence-electron chi connectivity index (χ1n) is 19.1. The number of fused-ring (bicyclic) bond motifs is 2. The van der Waals surface area contributed by atoms with Crippen molar-refractivity contribution in [2.45, 2.75) is 147 Å². The SMILES string of the molecule is Cc1nc2n(c(=O)c1CCN1CCC(c3noc4cc(F)ccc34)CC1)CCC[C@H]2O.O=C(O)CCCCCCCCCCCCCCCF. The second-order valence-corrected chi connectivity index (χ2v) is 14.2. The molecule has 0 amide bonds.